The minimum absolute atomic E-state index is 0.0520. The van der Waals surface area contributed by atoms with Gasteiger partial charge in [0.15, 0.2) is 0 Å². The molecular formula is C15H16ClFN4O. The number of hydrogen-bond donors (Lipinski definition) is 1. The van der Waals surface area contributed by atoms with Crippen molar-refractivity contribution >= 4 is 23.2 Å². The van der Waals surface area contributed by atoms with E-state index in [9.17, 15) is 9.18 Å². The second kappa shape index (κ2) is 6.06. The molecule has 0 aliphatic carbocycles. The third-order valence-corrected chi connectivity index (χ3v) is 4.17. The number of aromatic nitrogens is 2. The van der Waals surface area contributed by atoms with Crippen molar-refractivity contribution in [3.8, 4) is 0 Å². The number of nitrogens with zero attached hydrogens (tertiary/aromatic N) is 3. The van der Waals surface area contributed by atoms with Crippen LogP contribution in [0.4, 0.5) is 10.1 Å². The molecule has 22 heavy (non-hydrogen) atoms. The first-order valence-electron chi connectivity index (χ1n) is 7.01. The fourth-order valence-corrected chi connectivity index (χ4v) is 2.68. The molecule has 2 aromatic rings. The molecule has 0 saturated carbocycles. The summed E-state index contributed by atoms with van der Waals surface area (Å²) in [7, 11) is 1.91. The first kappa shape index (κ1) is 15.0. The van der Waals surface area contributed by atoms with E-state index in [1.807, 2.05) is 11.6 Å². The number of amides is 1. The number of hydrogen-bond acceptors (Lipinski definition) is 3. The maximum atomic E-state index is 13.5. The van der Waals surface area contributed by atoms with Gasteiger partial charge in [0.2, 0.25) is 5.91 Å². The third kappa shape index (κ3) is 2.84. The number of benzene rings is 1. The molecule has 0 spiro atoms. The fraction of sp³-hybridized carbons (Fsp3) is 0.333. The second-order valence-electron chi connectivity index (χ2n) is 5.31. The quantitative estimate of drug-likeness (QED) is 0.938. The number of rotatable bonds is 4. The predicted molar refractivity (Wildman–Crippen MR) is 82.2 cm³/mol. The molecule has 1 amide bonds. The molecule has 1 atom stereocenters. The van der Waals surface area contributed by atoms with Gasteiger partial charge in [0.25, 0.3) is 0 Å². The summed E-state index contributed by atoms with van der Waals surface area (Å²) >= 11 is 5.67. The Kier molecular flexibility index (Phi) is 4.13. The number of imidazole rings is 1. The Bertz CT molecular complexity index is 703. The molecule has 2 heterocycles. The van der Waals surface area contributed by atoms with Crippen LogP contribution in [-0.4, -0.2) is 28.0 Å². The average Bonchev–Trinajstić information content (AvgIpc) is 3.06. The van der Waals surface area contributed by atoms with Gasteiger partial charge in [-0.2, -0.15) is 0 Å². The number of anilines is 1. The Balaban J connectivity index is 1.67. The van der Waals surface area contributed by atoms with Gasteiger partial charge >= 0.3 is 0 Å². The highest BCUT2D eigenvalue weighted by Gasteiger charge is 2.32. The fourth-order valence-electron chi connectivity index (χ4n) is 2.56. The van der Waals surface area contributed by atoms with Crippen molar-refractivity contribution in [1.29, 1.82) is 0 Å². The zero-order valence-corrected chi connectivity index (χ0v) is 12.8. The molecule has 7 heteroatoms. The lowest BCUT2D eigenvalue weighted by Gasteiger charge is -2.17. The topological polar surface area (TPSA) is 50.2 Å². The SMILES string of the molecule is Cn1cncc1CNC1CCN(c2ccc(Cl)c(F)c2)C1=O. The molecule has 1 aromatic heterocycles. The van der Waals surface area contributed by atoms with Gasteiger partial charge in [-0.05, 0) is 24.6 Å². The number of aryl methyl sites for hydroxylation is 1. The van der Waals surface area contributed by atoms with E-state index in [-0.39, 0.29) is 17.0 Å². The summed E-state index contributed by atoms with van der Waals surface area (Å²) in [6.07, 6.45) is 4.16. The second-order valence-corrected chi connectivity index (χ2v) is 5.71. The van der Waals surface area contributed by atoms with Crippen LogP contribution in [0.2, 0.25) is 5.02 Å². The molecule has 1 saturated heterocycles. The summed E-state index contributed by atoms with van der Waals surface area (Å²) in [5.41, 5.74) is 1.54. The molecular weight excluding hydrogens is 307 g/mol. The summed E-state index contributed by atoms with van der Waals surface area (Å²) in [4.78, 5) is 18.1. The number of carbonyl (C=O) groups excluding carboxylic acids is 1. The lowest BCUT2D eigenvalue weighted by molar-refractivity contribution is -0.118. The third-order valence-electron chi connectivity index (χ3n) is 3.87. The first-order chi connectivity index (χ1) is 10.6. The standard InChI is InChI=1S/C15H16ClFN4O/c1-20-9-18-7-11(20)8-19-14-4-5-21(15(14)22)10-2-3-12(16)13(17)6-10/h2-3,6-7,9,14,19H,4-5,8H2,1H3. The lowest BCUT2D eigenvalue weighted by atomic mass is 10.2. The maximum absolute atomic E-state index is 13.5. The molecule has 5 nitrogen and oxygen atoms in total. The van der Waals surface area contributed by atoms with Crippen molar-refractivity contribution in [3.63, 3.8) is 0 Å². The van der Waals surface area contributed by atoms with Gasteiger partial charge in [-0.15, -0.1) is 0 Å². The predicted octanol–water partition coefficient (Wildman–Crippen LogP) is 2.11. The van der Waals surface area contributed by atoms with E-state index >= 15 is 0 Å². The van der Waals surface area contributed by atoms with Crippen molar-refractivity contribution < 1.29 is 9.18 Å². The summed E-state index contributed by atoms with van der Waals surface area (Å²) in [5.74, 6) is -0.567. The zero-order valence-electron chi connectivity index (χ0n) is 12.1. The number of carbonyl (C=O) groups is 1. The van der Waals surface area contributed by atoms with Crippen molar-refractivity contribution in [2.75, 3.05) is 11.4 Å². The monoisotopic (exact) mass is 322 g/mol. The molecule has 0 bridgehead atoms. The summed E-state index contributed by atoms with van der Waals surface area (Å²) in [6.45, 7) is 1.12. The van der Waals surface area contributed by atoms with Crippen LogP contribution in [0.1, 0.15) is 12.1 Å². The smallest absolute Gasteiger partial charge is 0.244 e. The van der Waals surface area contributed by atoms with Gasteiger partial charge in [0, 0.05) is 32.0 Å². The van der Waals surface area contributed by atoms with E-state index in [1.165, 1.54) is 12.1 Å². The van der Waals surface area contributed by atoms with Crippen molar-refractivity contribution in [2.24, 2.45) is 7.05 Å². The number of nitrogens with one attached hydrogen (secondary N) is 1. The Hall–Kier alpha value is -1.92. The maximum Gasteiger partial charge on any atom is 0.244 e. The Morgan fingerprint density at radius 3 is 3.00 bits per heavy atom. The van der Waals surface area contributed by atoms with Crippen LogP contribution in [0.3, 0.4) is 0 Å². The van der Waals surface area contributed by atoms with Gasteiger partial charge in [0.1, 0.15) is 5.82 Å². The highest BCUT2D eigenvalue weighted by Crippen LogP contribution is 2.25. The lowest BCUT2D eigenvalue weighted by Crippen LogP contribution is -2.38. The van der Waals surface area contributed by atoms with E-state index in [0.29, 0.717) is 25.2 Å². The molecule has 1 aliphatic rings. The average molecular weight is 323 g/mol. The molecule has 3 rings (SSSR count). The van der Waals surface area contributed by atoms with E-state index in [0.717, 1.165) is 5.69 Å². The van der Waals surface area contributed by atoms with Crippen LogP contribution >= 0.6 is 11.6 Å². The van der Waals surface area contributed by atoms with Gasteiger partial charge in [-0.1, -0.05) is 11.6 Å². The van der Waals surface area contributed by atoms with E-state index in [4.69, 9.17) is 11.6 Å². The van der Waals surface area contributed by atoms with Crippen molar-refractivity contribution in [2.45, 2.75) is 19.0 Å². The zero-order chi connectivity index (χ0) is 15.7. The Labute approximate surface area is 132 Å². The summed E-state index contributed by atoms with van der Waals surface area (Å²) < 4.78 is 15.4. The van der Waals surface area contributed by atoms with E-state index < -0.39 is 5.82 Å². The van der Waals surface area contributed by atoms with Gasteiger partial charge in [-0.3, -0.25) is 4.79 Å². The molecule has 1 aliphatic heterocycles. The molecule has 1 unspecified atom stereocenters. The first-order valence-corrected chi connectivity index (χ1v) is 7.39. The Morgan fingerprint density at radius 1 is 1.50 bits per heavy atom. The minimum atomic E-state index is -0.515. The minimum Gasteiger partial charge on any atom is -0.337 e. The molecule has 1 N–H and O–H groups in total. The van der Waals surface area contributed by atoms with E-state index in [2.05, 4.69) is 10.3 Å². The van der Waals surface area contributed by atoms with Crippen LogP contribution in [0, 0.1) is 5.82 Å². The van der Waals surface area contributed by atoms with Crippen LogP contribution in [0.15, 0.2) is 30.7 Å². The highest BCUT2D eigenvalue weighted by atomic mass is 35.5. The largest absolute Gasteiger partial charge is 0.337 e. The molecule has 0 radical (unpaired) electrons. The van der Waals surface area contributed by atoms with Crippen LogP contribution in [-0.2, 0) is 18.4 Å². The molecule has 1 fully saturated rings. The van der Waals surface area contributed by atoms with Gasteiger partial charge < -0.3 is 14.8 Å². The van der Waals surface area contributed by atoms with Crippen molar-refractivity contribution in [1.82, 2.24) is 14.9 Å². The highest BCUT2D eigenvalue weighted by molar-refractivity contribution is 6.30. The van der Waals surface area contributed by atoms with Crippen LogP contribution < -0.4 is 10.2 Å². The normalized spacial score (nSPS) is 18.2. The van der Waals surface area contributed by atoms with Gasteiger partial charge in [-0.25, -0.2) is 9.37 Å². The Morgan fingerprint density at radius 2 is 2.32 bits per heavy atom. The van der Waals surface area contributed by atoms with Gasteiger partial charge in [0.05, 0.1) is 23.1 Å². The summed E-state index contributed by atoms with van der Waals surface area (Å²) in [5, 5.41) is 3.29. The van der Waals surface area contributed by atoms with Crippen LogP contribution in [0.25, 0.3) is 0 Å². The van der Waals surface area contributed by atoms with E-state index in [1.54, 1.807) is 23.5 Å². The number of halogens is 2. The van der Waals surface area contributed by atoms with Crippen molar-refractivity contribution in [3.05, 3.63) is 47.3 Å². The molecule has 1 aromatic carbocycles. The van der Waals surface area contributed by atoms with Crippen LogP contribution in [0.5, 0.6) is 0 Å². The summed E-state index contributed by atoms with van der Waals surface area (Å²) in [6, 6.07) is 4.15. The molecule has 116 valence electrons.